The minimum absolute atomic E-state index is 0.195. The molecule has 3 N–H and O–H groups in total. The van der Waals surface area contributed by atoms with Crippen LogP contribution >= 0.6 is 0 Å². The van der Waals surface area contributed by atoms with E-state index in [1.807, 2.05) is 36.4 Å². The third-order valence-electron chi connectivity index (χ3n) is 2.95. The molecule has 18 heavy (non-hydrogen) atoms. The number of hydrogen-bond donors (Lipinski definition) is 2. The number of rotatable bonds is 4. The maximum absolute atomic E-state index is 5.91. The van der Waals surface area contributed by atoms with Gasteiger partial charge in [-0.15, -0.1) is 0 Å². The van der Waals surface area contributed by atoms with Gasteiger partial charge in [-0.05, 0) is 36.8 Å². The Morgan fingerprint density at radius 1 is 1.06 bits per heavy atom. The van der Waals surface area contributed by atoms with Crippen LogP contribution in [0, 0.1) is 0 Å². The highest BCUT2D eigenvalue weighted by atomic mass is 16.5. The monoisotopic (exact) mass is 242 g/mol. The Hall–Kier alpha value is -2.16. The van der Waals surface area contributed by atoms with Gasteiger partial charge in [0.05, 0.1) is 18.5 Å². The topological polar surface area (TPSA) is 47.3 Å². The van der Waals surface area contributed by atoms with Gasteiger partial charge in [0.15, 0.2) is 0 Å². The summed E-state index contributed by atoms with van der Waals surface area (Å²) in [4.78, 5) is 0. The summed E-state index contributed by atoms with van der Waals surface area (Å²) in [6.45, 7) is 2.11. The lowest BCUT2D eigenvalue weighted by Gasteiger charge is -2.17. The molecule has 0 saturated carbocycles. The van der Waals surface area contributed by atoms with Crippen LogP contribution in [-0.2, 0) is 0 Å². The fourth-order valence-corrected chi connectivity index (χ4v) is 1.84. The number of para-hydroxylation sites is 2. The standard InChI is InChI=1S/C15H18N2O/c1-11(12-7-9-13(18-2)10-8-12)17-15-6-4-3-5-14(15)16/h3-11,17H,16H2,1-2H3. The zero-order valence-corrected chi connectivity index (χ0v) is 10.7. The van der Waals surface area contributed by atoms with E-state index < -0.39 is 0 Å². The van der Waals surface area contributed by atoms with Crippen molar-refractivity contribution in [1.29, 1.82) is 0 Å². The quantitative estimate of drug-likeness (QED) is 0.807. The van der Waals surface area contributed by atoms with Crippen LogP contribution in [0.2, 0.25) is 0 Å². The molecule has 0 aliphatic rings. The van der Waals surface area contributed by atoms with Crippen LogP contribution in [0.1, 0.15) is 18.5 Å². The van der Waals surface area contributed by atoms with Gasteiger partial charge in [-0.3, -0.25) is 0 Å². The molecule has 1 unspecified atom stereocenters. The molecule has 0 radical (unpaired) electrons. The summed E-state index contributed by atoms with van der Waals surface area (Å²) in [6, 6.07) is 16.0. The van der Waals surface area contributed by atoms with Crippen LogP contribution in [0.4, 0.5) is 11.4 Å². The lowest BCUT2D eigenvalue weighted by atomic mass is 10.1. The third-order valence-corrected chi connectivity index (χ3v) is 2.95. The fourth-order valence-electron chi connectivity index (χ4n) is 1.84. The zero-order chi connectivity index (χ0) is 13.0. The highest BCUT2D eigenvalue weighted by Crippen LogP contribution is 2.24. The molecule has 0 aromatic heterocycles. The van der Waals surface area contributed by atoms with E-state index in [2.05, 4.69) is 24.4 Å². The first-order valence-corrected chi connectivity index (χ1v) is 5.95. The van der Waals surface area contributed by atoms with Crippen LogP contribution in [0.3, 0.4) is 0 Å². The van der Waals surface area contributed by atoms with E-state index in [4.69, 9.17) is 10.5 Å². The van der Waals surface area contributed by atoms with E-state index in [9.17, 15) is 0 Å². The third kappa shape index (κ3) is 2.74. The van der Waals surface area contributed by atoms with Crippen molar-refractivity contribution in [3.8, 4) is 5.75 Å². The molecule has 0 aliphatic carbocycles. The van der Waals surface area contributed by atoms with Crippen LogP contribution in [0.25, 0.3) is 0 Å². The Balaban J connectivity index is 2.11. The molecule has 1 atom stereocenters. The molecule has 3 heteroatoms. The fraction of sp³-hybridized carbons (Fsp3) is 0.200. The second-order valence-corrected chi connectivity index (χ2v) is 4.23. The van der Waals surface area contributed by atoms with Crippen molar-refractivity contribution in [1.82, 2.24) is 0 Å². The minimum Gasteiger partial charge on any atom is -0.497 e. The average molecular weight is 242 g/mol. The van der Waals surface area contributed by atoms with Crippen LogP contribution in [0.15, 0.2) is 48.5 Å². The predicted octanol–water partition coefficient (Wildman–Crippen LogP) is 3.45. The van der Waals surface area contributed by atoms with Gasteiger partial charge in [-0.2, -0.15) is 0 Å². The normalized spacial score (nSPS) is 11.9. The molecule has 2 aromatic carbocycles. The second kappa shape index (κ2) is 5.45. The number of methoxy groups -OCH3 is 1. The van der Waals surface area contributed by atoms with Crippen molar-refractivity contribution in [3.05, 3.63) is 54.1 Å². The number of nitrogen functional groups attached to an aromatic ring is 1. The van der Waals surface area contributed by atoms with Crippen molar-refractivity contribution in [2.45, 2.75) is 13.0 Å². The molecule has 0 heterocycles. The molecule has 0 aliphatic heterocycles. The maximum atomic E-state index is 5.91. The molecular formula is C15H18N2O. The molecule has 0 fully saturated rings. The van der Waals surface area contributed by atoms with Gasteiger partial charge in [-0.25, -0.2) is 0 Å². The van der Waals surface area contributed by atoms with Crippen molar-refractivity contribution in [2.75, 3.05) is 18.2 Å². The van der Waals surface area contributed by atoms with Crippen LogP contribution in [0.5, 0.6) is 5.75 Å². The van der Waals surface area contributed by atoms with Crippen LogP contribution < -0.4 is 15.8 Å². The van der Waals surface area contributed by atoms with Crippen molar-refractivity contribution in [3.63, 3.8) is 0 Å². The number of hydrogen-bond acceptors (Lipinski definition) is 3. The molecule has 0 saturated heterocycles. The second-order valence-electron chi connectivity index (χ2n) is 4.23. The highest BCUT2D eigenvalue weighted by Gasteiger charge is 2.06. The Morgan fingerprint density at radius 2 is 1.72 bits per heavy atom. The van der Waals surface area contributed by atoms with E-state index in [-0.39, 0.29) is 6.04 Å². The van der Waals surface area contributed by atoms with Gasteiger partial charge in [0.25, 0.3) is 0 Å². The van der Waals surface area contributed by atoms with Gasteiger partial charge in [0.1, 0.15) is 5.75 Å². The summed E-state index contributed by atoms with van der Waals surface area (Å²) in [5, 5.41) is 3.40. The lowest BCUT2D eigenvalue weighted by molar-refractivity contribution is 0.414. The summed E-state index contributed by atoms with van der Waals surface area (Å²) in [5.41, 5.74) is 8.82. The Kier molecular flexibility index (Phi) is 3.72. The van der Waals surface area contributed by atoms with E-state index in [1.54, 1.807) is 7.11 Å². The molecular weight excluding hydrogens is 224 g/mol. The minimum atomic E-state index is 0.195. The Bertz CT molecular complexity index is 508. The maximum Gasteiger partial charge on any atom is 0.118 e. The number of anilines is 2. The molecule has 0 amide bonds. The highest BCUT2D eigenvalue weighted by molar-refractivity contribution is 5.66. The van der Waals surface area contributed by atoms with Gasteiger partial charge >= 0.3 is 0 Å². The first-order valence-electron chi connectivity index (χ1n) is 5.95. The van der Waals surface area contributed by atoms with Crippen molar-refractivity contribution < 1.29 is 4.74 Å². The van der Waals surface area contributed by atoms with Crippen molar-refractivity contribution in [2.24, 2.45) is 0 Å². The Labute approximate surface area is 108 Å². The molecule has 3 nitrogen and oxygen atoms in total. The van der Waals surface area contributed by atoms with Gasteiger partial charge in [0, 0.05) is 6.04 Å². The van der Waals surface area contributed by atoms with Crippen molar-refractivity contribution >= 4 is 11.4 Å². The first kappa shape index (κ1) is 12.3. The van der Waals surface area contributed by atoms with E-state index >= 15 is 0 Å². The number of nitrogens with one attached hydrogen (secondary N) is 1. The molecule has 2 rings (SSSR count). The average Bonchev–Trinajstić information content (AvgIpc) is 2.41. The summed E-state index contributed by atoms with van der Waals surface area (Å²) in [5.74, 6) is 0.866. The number of ether oxygens (including phenoxy) is 1. The largest absolute Gasteiger partial charge is 0.497 e. The summed E-state index contributed by atoms with van der Waals surface area (Å²) in [6.07, 6.45) is 0. The molecule has 94 valence electrons. The summed E-state index contributed by atoms with van der Waals surface area (Å²) in [7, 11) is 1.67. The Morgan fingerprint density at radius 3 is 2.33 bits per heavy atom. The first-order chi connectivity index (χ1) is 8.70. The summed E-state index contributed by atoms with van der Waals surface area (Å²) >= 11 is 0. The lowest BCUT2D eigenvalue weighted by Crippen LogP contribution is -2.08. The van der Waals surface area contributed by atoms with Gasteiger partial charge in [0.2, 0.25) is 0 Å². The predicted molar refractivity (Wildman–Crippen MR) is 75.9 cm³/mol. The number of benzene rings is 2. The number of nitrogens with two attached hydrogens (primary N) is 1. The molecule has 2 aromatic rings. The van der Waals surface area contributed by atoms with Crippen LogP contribution in [-0.4, -0.2) is 7.11 Å². The molecule has 0 bridgehead atoms. The molecule has 0 spiro atoms. The van der Waals surface area contributed by atoms with E-state index in [0.29, 0.717) is 0 Å². The van der Waals surface area contributed by atoms with E-state index in [0.717, 1.165) is 17.1 Å². The zero-order valence-electron chi connectivity index (χ0n) is 10.7. The van der Waals surface area contributed by atoms with E-state index in [1.165, 1.54) is 5.56 Å². The van der Waals surface area contributed by atoms with Gasteiger partial charge in [-0.1, -0.05) is 24.3 Å². The smallest absolute Gasteiger partial charge is 0.118 e. The summed E-state index contributed by atoms with van der Waals surface area (Å²) < 4.78 is 5.15. The van der Waals surface area contributed by atoms with Gasteiger partial charge < -0.3 is 15.8 Å². The SMILES string of the molecule is COc1ccc(C(C)Nc2ccccc2N)cc1.